The van der Waals surface area contributed by atoms with E-state index in [0.717, 1.165) is 26.1 Å². The molecule has 1 aliphatic heterocycles. The van der Waals surface area contributed by atoms with Gasteiger partial charge in [0.05, 0.1) is 17.4 Å². The van der Waals surface area contributed by atoms with Gasteiger partial charge in [-0.25, -0.2) is 8.42 Å². The highest BCUT2D eigenvalue weighted by Crippen LogP contribution is 2.15. The van der Waals surface area contributed by atoms with Gasteiger partial charge in [-0.3, -0.25) is 4.79 Å². The summed E-state index contributed by atoms with van der Waals surface area (Å²) in [7, 11) is -1.34. The maximum Gasteiger partial charge on any atom is 0.225 e. The highest BCUT2D eigenvalue weighted by Gasteiger charge is 2.31. The van der Waals surface area contributed by atoms with Crippen LogP contribution in [0.5, 0.6) is 0 Å². The molecule has 1 rings (SSSR count). The van der Waals surface area contributed by atoms with Crippen LogP contribution in [0.3, 0.4) is 0 Å². The first kappa shape index (κ1) is 24.6. The molecule has 0 radical (unpaired) electrons. The second-order valence-corrected chi connectivity index (χ2v) is 7.31. The van der Waals surface area contributed by atoms with Crippen LogP contribution in [-0.2, 0) is 14.6 Å². The molecular formula is C16H41N3O3S. The van der Waals surface area contributed by atoms with E-state index in [2.05, 4.69) is 22.5 Å². The van der Waals surface area contributed by atoms with E-state index in [-0.39, 0.29) is 32.7 Å². The molecule has 0 spiro atoms. The highest BCUT2D eigenvalue weighted by molar-refractivity contribution is 7.91. The van der Waals surface area contributed by atoms with Crippen LogP contribution in [-0.4, -0.2) is 70.5 Å². The van der Waals surface area contributed by atoms with Crippen molar-refractivity contribution in [1.82, 2.24) is 15.5 Å². The molecule has 1 heterocycles. The molecule has 0 aliphatic carbocycles. The minimum atomic E-state index is -3.06. The van der Waals surface area contributed by atoms with E-state index in [9.17, 15) is 13.2 Å². The molecule has 144 valence electrons. The van der Waals surface area contributed by atoms with Gasteiger partial charge in [0.15, 0.2) is 9.84 Å². The van der Waals surface area contributed by atoms with E-state index in [1.165, 1.54) is 0 Å². The molecule has 6 nitrogen and oxygen atoms in total. The van der Waals surface area contributed by atoms with Crippen molar-refractivity contribution in [3.63, 3.8) is 0 Å². The second kappa shape index (κ2) is 14.9. The molecule has 0 aromatic rings. The van der Waals surface area contributed by atoms with E-state index in [1.54, 1.807) is 7.05 Å². The van der Waals surface area contributed by atoms with Crippen LogP contribution in [0.4, 0.5) is 0 Å². The Balaban J connectivity index is -0.000000342. The third-order valence-corrected chi connectivity index (χ3v) is 4.90. The zero-order chi connectivity index (χ0) is 18.3. The van der Waals surface area contributed by atoms with Crippen LogP contribution in [0.1, 0.15) is 43.9 Å². The van der Waals surface area contributed by atoms with Gasteiger partial charge in [-0.1, -0.05) is 34.6 Å². The Bertz CT molecular complexity index is 390. The van der Waals surface area contributed by atoms with Gasteiger partial charge < -0.3 is 15.5 Å². The summed E-state index contributed by atoms with van der Waals surface area (Å²) in [6.45, 7) is 13.4. The minimum absolute atomic E-state index is 0. The molecule has 7 heteroatoms. The Morgan fingerprint density at radius 3 is 2.13 bits per heavy atom. The number of sulfone groups is 1. The fourth-order valence-electron chi connectivity index (χ4n) is 2.07. The van der Waals surface area contributed by atoms with Gasteiger partial charge in [0.25, 0.3) is 0 Å². The average molecular weight is 356 g/mol. The van der Waals surface area contributed by atoms with Crippen LogP contribution in [0, 0.1) is 5.92 Å². The number of hydrogen-bond acceptors (Lipinski definition) is 5. The Labute approximate surface area is 146 Å². The monoisotopic (exact) mass is 355 g/mol. The summed E-state index contributed by atoms with van der Waals surface area (Å²) < 4.78 is 23.1. The predicted octanol–water partition coefficient (Wildman–Crippen LogP) is 1.62. The third-order valence-electron chi connectivity index (χ3n) is 3.24. The Morgan fingerprint density at radius 2 is 1.65 bits per heavy atom. The number of carbonyl (C=O) groups is 1. The number of nitrogens with zero attached hydrogens (tertiary/aromatic N) is 1. The van der Waals surface area contributed by atoms with E-state index in [1.807, 2.05) is 27.7 Å². The van der Waals surface area contributed by atoms with Crippen LogP contribution < -0.4 is 10.6 Å². The molecule has 0 aromatic carbocycles. The number of likely N-dealkylation sites (tertiary alicyclic amines) is 1. The third kappa shape index (κ3) is 11.5. The molecule has 0 unspecified atom stereocenters. The molecular weight excluding hydrogens is 314 g/mol. The maximum absolute atomic E-state index is 11.7. The predicted molar refractivity (Wildman–Crippen MR) is 103 cm³/mol. The topological polar surface area (TPSA) is 78.5 Å². The fourth-order valence-corrected chi connectivity index (χ4v) is 3.20. The molecule has 2 N–H and O–H groups in total. The van der Waals surface area contributed by atoms with Crippen LogP contribution in [0.2, 0.25) is 0 Å². The summed E-state index contributed by atoms with van der Waals surface area (Å²) in [4.78, 5) is 14.0. The average Bonchev–Trinajstić information content (AvgIpc) is 2.52. The number of amides is 1. The minimum Gasteiger partial charge on any atom is -0.355 e. The molecule has 1 fully saturated rings. The lowest BCUT2D eigenvalue weighted by atomic mass is 9.99. The van der Waals surface area contributed by atoms with Gasteiger partial charge in [-0.05, 0) is 20.0 Å². The first-order valence-corrected chi connectivity index (χ1v) is 10.7. The van der Waals surface area contributed by atoms with E-state index >= 15 is 0 Å². The number of nitrogens with one attached hydrogen (secondary N) is 2. The second-order valence-electron chi connectivity index (χ2n) is 5.00. The normalized spacial score (nSPS) is 14.7. The standard InChI is InChI=1S/C12H25N3O3S.2C2H6.2H2/c1-3-6-15-9-11(10-15)12(16)14-5-8-19(17,18)7-4-13-2;2*1-2;;/h11,13H,3-10H2,1-2H3,(H,14,16);2*1-2H3;2*1H. The molecule has 0 aromatic heterocycles. The Morgan fingerprint density at radius 1 is 1.13 bits per heavy atom. The van der Waals surface area contributed by atoms with Gasteiger partial charge in [-0.2, -0.15) is 0 Å². The molecule has 1 saturated heterocycles. The summed E-state index contributed by atoms with van der Waals surface area (Å²) in [6, 6.07) is 0. The quantitative estimate of drug-likeness (QED) is 0.657. The molecule has 0 bridgehead atoms. The van der Waals surface area contributed by atoms with E-state index in [4.69, 9.17) is 0 Å². The van der Waals surface area contributed by atoms with Crippen molar-refractivity contribution in [2.24, 2.45) is 5.92 Å². The van der Waals surface area contributed by atoms with E-state index < -0.39 is 9.84 Å². The molecule has 23 heavy (non-hydrogen) atoms. The maximum atomic E-state index is 11.7. The zero-order valence-electron chi connectivity index (χ0n) is 15.8. The van der Waals surface area contributed by atoms with Crippen molar-refractivity contribution in [2.45, 2.75) is 41.0 Å². The summed E-state index contributed by atoms with van der Waals surface area (Å²) in [6.07, 6.45) is 1.10. The highest BCUT2D eigenvalue weighted by atomic mass is 32.2. The summed E-state index contributed by atoms with van der Waals surface area (Å²) in [5.41, 5.74) is 0. The van der Waals surface area contributed by atoms with Crippen molar-refractivity contribution in [2.75, 3.05) is 51.3 Å². The zero-order valence-corrected chi connectivity index (χ0v) is 16.6. The van der Waals surface area contributed by atoms with Crippen molar-refractivity contribution in [3.05, 3.63) is 0 Å². The van der Waals surface area contributed by atoms with Crippen LogP contribution >= 0.6 is 0 Å². The smallest absolute Gasteiger partial charge is 0.225 e. The largest absolute Gasteiger partial charge is 0.355 e. The first-order valence-electron chi connectivity index (χ1n) is 8.83. The molecule has 0 atom stereocenters. The van der Waals surface area contributed by atoms with Gasteiger partial charge in [-0.15, -0.1) is 0 Å². The Hall–Kier alpha value is -0.660. The number of carbonyl (C=O) groups excluding carboxylic acids is 1. The van der Waals surface area contributed by atoms with E-state index in [0.29, 0.717) is 6.54 Å². The summed E-state index contributed by atoms with van der Waals surface area (Å²) in [5.74, 6) is 0.154. The number of rotatable bonds is 9. The van der Waals surface area contributed by atoms with Gasteiger partial charge >= 0.3 is 0 Å². The van der Waals surface area contributed by atoms with Crippen LogP contribution in [0.25, 0.3) is 0 Å². The van der Waals surface area contributed by atoms with Crippen LogP contribution in [0.15, 0.2) is 0 Å². The molecule has 1 aliphatic rings. The van der Waals surface area contributed by atoms with Gasteiger partial charge in [0, 0.05) is 29.0 Å². The SMILES string of the molecule is CC.CC.CCCN1CC(C(=O)NCCS(=O)(=O)CCNC)C1.[HH].[HH]. The van der Waals surface area contributed by atoms with Gasteiger partial charge in [0.2, 0.25) is 5.91 Å². The lowest BCUT2D eigenvalue weighted by Crippen LogP contribution is -2.54. The lowest BCUT2D eigenvalue weighted by Gasteiger charge is -2.37. The number of hydrogen-bond donors (Lipinski definition) is 2. The first-order chi connectivity index (χ1) is 11.0. The lowest BCUT2D eigenvalue weighted by molar-refractivity contribution is -0.130. The van der Waals surface area contributed by atoms with Crippen molar-refractivity contribution < 1.29 is 16.1 Å². The van der Waals surface area contributed by atoms with Gasteiger partial charge in [0.1, 0.15) is 0 Å². The summed E-state index contributed by atoms with van der Waals surface area (Å²) >= 11 is 0. The molecule has 0 saturated carbocycles. The Kier molecular flexibility index (Phi) is 15.9. The van der Waals surface area contributed by atoms with Crippen molar-refractivity contribution in [3.8, 4) is 0 Å². The van der Waals surface area contributed by atoms with Crippen molar-refractivity contribution in [1.29, 1.82) is 0 Å². The van der Waals surface area contributed by atoms with Crippen molar-refractivity contribution >= 4 is 15.7 Å². The fraction of sp³-hybridized carbons (Fsp3) is 0.938. The summed E-state index contributed by atoms with van der Waals surface area (Å²) in [5, 5.41) is 5.52. The molecule has 1 amide bonds.